The van der Waals surface area contributed by atoms with E-state index in [1.165, 1.54) is 17.7 Å². The number of hydrogen-bond donors (Lipinski definition) is 2. The molecule has 0 amide bonds. The SMILES string of the molecule is Nc1cccc2c1CCCN2C1CCCCC1O. The zero-order chi connectivity index (χ0) is 12.5. The molecule has 0 spiro atoms. The normalized spacial score (nSPS) is 27.9. The molecule has 3 nitrogen and oxygen atoms in total. The topological polar surface area (TPSA) is 49.5 Å². The number of fused-ring (bicyclic) bond motifs is 1. The number of nitrogens with two attached hydrogens (primary N) is 1. The van der Waals surface area contributed by atoms with E-state index < -0.39 is 0 Å². The third kappa shape index (κ3) is 1.97. The maximum absolute atomic E-state index is 10.2. The van der Waals surface area contributed by atoms with Gasteiger partial charge in [-0.2, -0.15) is 0 Å². The number of aliphatic hydroxyl groups excluding tert-OH is 1. The fourth-order valence-electron chi connectivity index (χ4n) is 3.48. The Morgan fingerprint density at radius 3 is 2.83 bits per heavy atom. The molecule has 0 saturated heterocycles. The van der Waals surface area contributed by atoms with Crippen molar-refractivity contribution in [2.24, 2.45) is 0 Å². The first-order valence-corrected chi connectivity index (χ1v) is 7.09. The van der Waals surface area contributed by atoms with Gasteiger partial charge in [0.2, 0.25) is 0 Å². The zero-order valence-electron chi connectivity index (χ0n) is 10.8. The van der Waals surface area contributed by atoms with Crippen LogP contribution in [0.5, 0.6) is 0 Å². The van der Waals surface area contributed by atoms with Gasteiger partial charge in [-0.05, 0) is 43.4 Å². The van der Waals surface area contributed by atoms with Gasteiger partial charge in [-0.3, -0.25) is 0 Å². The second-order valence-corrected chi connectivity index (χ2v) is 5.56. The lowest BCUT2D eigenvalue weighted by atomic mass is 9.88. The van der Waals surface area contributed by atoms with Crippen molar-refractivity contribution in [2.45, 2.75) is 50.7 Å². The van der Waals surface area contributed by atoms with Gasteiger partial charge in [0, 0.05) is 17.9 Å². The molecule has 3 rings (SSSR count). The Balaban J connectivity index is 1.93. The molecule has 3 heteroatoms. The van der Waals surface area contributed by atoms with Crippen molar-refractivity contribution in [3.8, 4) is 0 Å². The minimum atomic E-state index is -0.175. The molecular weight excluding hydrogens is 224 g/mol. The van der Waals surface area contributed by atoms with Gasteiger partial charge in [0.15, 0.2) is 0 Å². The zero-order valence-corrected chi connectivity index (χ0v) is 10.8. The summed E-state index contributed by atoms with van der Waals surface area (Å²) in [4.78, 5) is 2.40. The fourth-order valence-corrected chi connectivity index (χ4v) is 3.48. The average molecular weight is 246 g/mol. The third-order valence-electron chi connectivity index (χ3n) is 4.42. The summed E-state index contributed by atoms with van der Waals surface area (Å²) in [6.07, 6.45) is 6.48. The number of rotatable bonds is 1. The van der Waals surface area contributed by atoms with Gasteiger partial charge < -0.3 is 15.7 Å². The molecule has 2 atom stereocenters. The van der Waals surface area contributed by atoms with Gasteiger partial charge in [0.25, 0.3) is 0 Å². The highest BCUT2D eigenvalue weighted by Gasteiger charge is 2.31. The summed E-state index contributed by atoms with van der Waals surface area (Å²) in [5, 5.41) is 10.2. The van der Waals surface area contributed by atoms with Crippen LogP contribution in [0.4, 0.5) is 11.4 Å². The smallest absolute Gasteiger partial charge is 0.0743 e. The standard InChI is InChI=1S/C15H22N2O/c16-12-6-3-8-13-11(12)5-4-10-17(13)14-7-1-2-9-15(14)18/h3,6,8,14-15,18H,1-2,4-5,7,9-10,16H2. The van der Waals surface area contributed by atoms with Crippen molar-refractivity contribution in [3.63, 3.8) is 0 Å². The van der Waals surface area contributed by atoms with Gasteiger partial charge in [0.05, 0.1) is 12.1 Å². The molecular formula is C15H22N2O. The van der Waals surface area contributed by atoms with Crippen LogP contribution >= 0.6 is 0 Å². The van der Waals surface area contributed by atoms with Crippen molar-refractivity contribution in [1.82, 2.24) is 0 Å². The maximum Gasteiger partial charge on any atom is 0.0743 e. The van der Waals surface area contributed by atoms with Crippen LogP contribution in [-0.2, 0) is 6.42 Å². The lowest BCUT2D eigenvalue weighted by molar-refractivity contribution is 0.103. The quantitative estimate of drug-likeness (QED) is 0.748. The summed E-state index contributed by atoms with van der Waals surface area (Å²) < 4.78 is 0. The number of benzene rings is 1. The van der Waals surface area contributed by atoms with Crippen LogP contribution in [-0.4, -0.2) is 23.8 Å². The van der Waals surface area contributed by atoms with Crippen molar-refractivity contribution >= 4 is 11.4 Å². The van der Waals surface area contributed by atoms with Gasteiger partial charge in [-0.25, -0.2) is 0 Å². The Morgan fingerprint density at radius 1 is 1.17 bits per heavy atom. The van der Waals surface area contributed by atoms with E-state index in [4.69, 9.17) is 5.73 Å². The first-order valence-electron chi connectivity index (χ1n) is 7.09. The number of hydrogen-bond acceptors (Lipinski definition) is 3. The Hall–Kier alpha value is -1.22. The number of aliphatic hydroxyl groups is 1. The lowest BCUT2D eigenvalue weighted by Gasteiger charge is -2.42. The molecule has 1 heterocycles. The van der Waals surface area contributed by atoms with Gasteiger partial charge >= 0.3 is 0 Å². The van der Waals surface area contributed by atoms with E-state index in [0.717, 1.165) is 44.3 Å². The molecule has 1 fully saturated rings. The lowest BCUT2D eigenvalue weighted by Crippen LogP contribution is -2.47. The van der Waals surface area contributed by atoms with Crippen LogP contribution in [0.2, 0.25) is 0 Å². The largest absolute Gasteiger partial charge is 0.398 e. The summed E-state index contributed by atoms with van der Waals surface area (Å²) in [5.74, 6) is 0. The van der Waals surface area contributed by atoms with Crippen molar-refractivity contribution in [1.29, 1.82) is 0 Å². The minimum Gasteiger partial charge on any atom is -0.398 e. The van der Waals surface area contributed by atoms with Crippen LogP contribution in [0.15, 0.2) is 18.2 Å². The minimum absolute atomic E-state index is 0.175. The molecule has 1 aromatic rings. The summed E-state index contributed by atoms with van der Waals surface area (Å²) in [7, 11) is 0. The fraction of sp³-hybridized carbons (Fsp3) is 0.600. The maximum atomic E-state index is 10.2. The summed E-state index contributed by atoms with van der Waals surface area (Å²) in [6.45, 7) is 1.05. The van der Waals surface area contributed by atoms with E-state index in [9.17, 15) is 5.11 Å². The van der Waals surface area contributed by atoms with Crippen LogP contribution in [0.1, 0.15) is 37.7 Å². The van der Waals surface area contributed by atoms with Gasteiger partial charge in [0.1, 0.15) is 0 Å². The molecule has 1 aromatic carbocycles. The second kappa shape index (κ2) is 4.81. The molecule has 18 heavy (non-hydrogen) atoms. The van der Waals surface area contributed by atoms with Crippen LogP contribution in [0, 0.1) is 0 Å². The highest BCUT2D eigenvalue weighted by Crippen LogP contribution is 2.35. The van der Waals surface area contributed by atoms with Crippen LogP contribution < -0.4 is 10.6 Å². The summed E-state index contributed by atoms with van der Waals surface area (Å²) in [6, 6.07) is 6.47. The van der Waals surface area contributed by atoms with Crippen LogP contribution in [0.25, 0.3) is 0 Å². The molecule has 0 bridgehead atoms. The average Bonchev–Trinajstić information content (AvgIpc) is 2.40. The highest BCUT2D eigenvalue weighted by atomic mass is 16.3. The summed E-state index contributed by atoms with van der Waals surface area (Å²) >= 11 is 0. The Kier molecular flexibility index (Phi) is 3.16. The predicted octanol–water partition coefficient (Wildman–Crippen LogP) is 2.32. The molecule has 1 aliphatic carbocycles. The van der Waals surface area contributed by atoms with Crippen molar-refractivity contribution < 1.29 is 5.11 Å². The first-order chi connectivity index (χ1) is 8.77. The third-order valence-corrected chi connectivity index (χ3v) is 4.42. The Bertz CT molecular complexity index is 433. The monoisotopic (exact) mass is 246 g/mol. The van der Waals surface area contributed by atoms with E-state index in [0.29, 0.717) is 6.04 Å². The second-order valence-electron chi connectivity index (χ2n) is 5.56. The first kappa shape index (κ1) is 11.8. The molecule has 98 valence electrons. The van der Waals surface area contributed by atoms with E-state index in [2.05, 4.69) is 11.0 Å². The molecule has 1 saturated carbocycles. The Labute approximate surface area is 109 Å². The van der Waals surface area contributed by atoms with Gasteiger partial charge in [-0.1, -0.05) is 18.9 Å². The highest BCUT2D eigenvalue weighted by molar-refractivity contribution is 5.66. The molecule has 0 aromatic heterocycles. The van der Waals surface area contributed by atoms with E-state index >= 15 is 0 Å². The van der Waals surface area contributed by atoms with Crippen molar-refractivity contribution in [2.75, 3.05) is 17.2 Å². The molecule has 0 radical (unpaired) electrons. The van der Waals surface area contributed by atoms with E-state index in [1.54, 1.807) is 0 Å². The number of nitrogen functional groups attached to an aromatic ring is 1. The molecule has 2 aliphatic rings. The Morgan fingerprint density at radius 2 is 2.00 bits per heavy atom. The number of anilines is 2. The van der Waals surface area contributed by atoms with Gasteiger partial charge in [-0.15, -0.1) is 0 Å². The predicted molar refractivity (Wildman–Crippen MR) is 74.8 cm³/mol. The van der Waals surface area contributed by atoms with Crippen molar-refractivity contribution in [3.05, 3.63) is 23.8 Å². The molecule has 2 unspecified atom stereocenters. The molecule has 3 N–H and O–H groups in total. The van der Waals surface area contributed by atoms with E-state index in [-0.39, 0.29) is 6.10 Å². The van der Waals surface area contributed by atoms with Crippen LogP contribution in [0.3, 0.4) is 0 Å². The molecule has 1 aliphatic heterocycles. The van der Waals surface area contributed by atoms with E-state index in [1.807, 2.05) is 12.1 Å². The summed E-state index contributed by atoms with van der Waals surface area (Å²) in [5.41, 5.74) is 9.52. The number of nitrogens with zero attached hydrogens (tertiary/aromatic N) is 1.